The van der Waals surface area contributed by atoms with Crippen LogP contribution in [0.15, 0.2) is 40.4 Å². The molecule has 0 amide bonds. The number of nitrogen functional groups attached to an aromatic ring is 1. The van der Waals surface area contributed by atoms with E-state index < -0.39 is 5.97 Å². The number of carbonyl (C=O) groups is 1. The molecule has 0 bridgehead atoms. The van der Waals surface area contributed by atoms with E-state index in [-0.39, 0.29) is 0 Å². The smallest absolute Gasteiger partial charge is 0.339 e. The number of hydrogen-bond donors (Lipinski definition) is 1. The van der Waals surface area contributed by atoms with Gasteiger partial charge < -0.3 is 10.5 Å². The van der Waals surface area contributed by atoms with Crippen LogP contribution in [0.4, 0.5) is 5.69 Å². The summed E-state index contributed by atoms with van der Waals surface area (Å²) >= 11 is 1.45. The summed E-state index contributed by atoms with van der Waals surface area (Å²) in [5.41, 5.74) is 6.68. The predicted molar refractivity (Wildman–Crippen MR) is 69.5 cm³/mol. The number of hydrogen-bond acceptors (Lipinski definition) is 5. The van der Waals surface area contributed by atoms with Gasteiger partial charge in [0.1, 0.15) is 0 Å². The summed E-state index contributed by atoms with van der Waals surface area (Å²) in [6.07, 6.45) is 3.62. The second kappa shape index (κ2) is 5.14. The Morgan fingerprint density at radius 3 is 2.89 bits per heavy atom. The van der Waals surface area contributed by atoms with E-state index in [9.17, 15) is 4.79 Å². The van der Waals surface area contributed by atoms with Crippen molar-refractivity contribution in [3.63, 3.8) is 0 Å². The first kappa shape index (κ1) is 12.5. The molecule has 0 atom stereocenters. The van der Waals surface area contributed by atoms with Gasteiger partial charge in [0.15, 0.2) is 0 Å². The van der Waals surface area contributed by atoms with E-state index in [1.165, 1.54) is 18.9 Å². The topological polar surface area (TPSA) is 70.1 Å². The van der Waals surface area contributed by atoms with Gasteiger partial charge in [-0.25, -0.2) is 4.79 Å². The molecule has 6 heteroatoms. The molecule has 94 valence electrons. The number of methoxy groups -OCH3 is 1. The molecule has 1 aromatic carbocycles. The number of nitrogens with zero attached hydrogens (tertiary/aromatic N) is 2. The zero-order valence-electron chi connectivity index (χ0n) is 10.1. The normalized spacial score (nSPS) is 10.3. The Morgan fingerprint density at radius 2 is 2.28 bits per heavy atom. The van der Waals surface area contributed by atoms with Crippen LogP contribution < -0.4 is 5.73 Å². The maximum Gasteiger partial charge on any atom is 0.339 e. The van der Waals surface area contributed by atoms with Gasteiger partial charge in [-0.2, -0.15) is 5.10 Å². The molecule has 0 aliphatic carbocycles. The van der Waals surface area contributed by atoms with Crippen LogP contribution in [-0.4, -0.2) is 22.9 Å². The Morgan fingerprint density at radius 1 is 1.50 bits per heavy atom. The Bertz CT molecular complexity index is 580. The van der Waals surface area contributed by atoms with Crippen molar-refractivity contribution in [3.8, 4) is 0 Å². The molecule has 1 aromatic heterocycles. The van der Waals surface area contributed by atoms with Crippen LogP contribution in [-0.2, 0) is 11.8 Å². The van der Waals surface area contributed by atoms with E-state index in [1.807, 2.05) is 13.2 Å². The monoisotopic (exact) mass is 263 g/mol. The molecule has 2 rings (SSSR count). The lowest BCUT2D eigenvalue weighted by Crippen LogP contribution is -2.04. The highest BCUT2D eigenvalue weighted by Crippen LogP contribution is 2.31. The van der Waals surface area contributed by atoms with E-state index in [0.29, 0.717) is 11.3 Å². The molecule has 1 heterocycles. The summed E-state index contributed by atoms with van der Waals surface area (Å²) in [4.78, 5) is 13.4. The van der Waals surface area contributed by atoms with E-state index >= 15 is 0 Å². The lowest BCUT2D eigenvalue weighted by Gasteiger charge is -2.07. The summed E-state index contributed by atoms with van der Waals surface area (Å²) in [7, 11) is 3.19. The standard InChI is InChI=1S/C12H13N3O2S/c1-15-7-9(6-14-15)18-11-4-3-8(13)5-10(11)12(16)17-2/h3-7H,13H2,1-2H3. The number of rotatable bonds is 3. The van der Waals surface area contributed by atoms with Crippen molar-refractivity contribution in [2.24, 2.45) is 7.05 Å². The number of esters is 1. The van der Waals surface area contributed by atoms with Gasteiger partial charge in [-0.15, -0.1) is 0 Å². The number of nitrogens with two attached hydrogens (primary N) is 1. The minimum Gasteiger partial charge on any atom is -0.465 e. The summed E-state index contributed by atoms with van der Waals surface area (Å²) in [5, 5.41) is 4.08. The fraction of sp³-hybridized carbons (Fsp3) is 0.167. The summed E-state index contributed by atoms with van der Waals surface area (Å²) < 4.78 is 6.45. The maximum atomic E-state index is 11.7. The third-order valence-corrected chi connectivity index (χ3v) is 3.34. The summed E-state index contributed by atoms with van der Waals surface area (Å²) in [6.45, 7) is 0. The molecule has 5 nitrogen and oxygen atoms in total. The van der Waals surface area contributed by atoms with Gasteiger partial charge in [0.25, 0.3) is 0 Å². The molecular formula is C12H13N3O2S. The molecule has 0 saturated heterocycles. The van der Waals surface area contributed by atoms with Crippen molar-refractivity contribution >= 4 is 23.4 Å². The maximum absolute atomic E-state index is 11.7. The van der Waals surface area contributed by atoms with E-state index in [2.05, 4.69) is 5.10 Å². The number of carbonyl (C=O) groups excluding carboxylic acids is 1. The molecule has 0 aliphatic rings. The fourth-order valence-corrected chi connectivity index (χ4v) is 2.43. The van der Waals surface area contributed by atoms with Crippen LogP contribution in [0.2, 0.25) is 0 Å². The molecule has 0 unspecified atom stereocenters. The zero-order valence-corrected chi connectivity index (χ0v) is 10.9. The average molecular weight is 263 g/mol. The van der Waals surface area contributed by atoms with Gasteiger partial charge in [-0.3, -0.25) is 4.68 Å². The Balaban J connectivity index is 2.35. The third-order valence-electron chi connectivity index (χ3n) is 2.32. The molecule has 0 saturated carbocycles. The minimum absolute atomic E-state index is 0.395. The molecule has 0 aliphatic heterocycles. The van der Waals surface area contributed by atoms with E-state index in [4.69, 9.17) is 10.5 Å². The lowest BCUT2D eigenvalue weighted by molar-refractivity contribution is 0.0597. The van der Waals surface area contributed by atoms with Crippen molar-refractivity contribution in [2.75, 3.05) is 12.8 Å². The second-order valence-electron chi connectivity index (χ2n) is 3.70. The summed E-state index contributed by atoms with van der Waals surface area (Å²) in [6, 6.07) is 5.18. The van der Waals surface area contributed by atoms with Crippen LogP contribution in [0.1, 0.15) is 10.4 Å². The quantitative estimate of drug-likeness (QED) is 0.677. The van der Waals surface area contributed by atoms with Crippen LogP contribution in [0, 0.1) is 0 Å². The van der Waals surface area contributed by atoms with E-state index in [0.717, 1.165) is 9.79 Å². The number of aryl methyl sites for hydroxylation is 1. The lowest BCUT2D eigenvalue weighted by atomic mass is 10.2. The highest BCUT2D eigenvalue weighted by atomic mass is 32.2. The molecule has 0 spiro atoms. The molecule has 18 heavy (non-hydrogen) atoms. The van der Waals surface area contributed by atoms with Gasteiger partial charge in [-0.05, 0) is 18.2 Å². The van der Waals surface area contributed by atoms with Crippen molar-refractivity contribution in [1.82, 2.24) is 9.78 Å². The molecule has 2 N–H and O–H groups in total. The van der Waals surface area contributed by atoms with Crippen LogP contribution >= 0.6 is 11.8 Å². The van der Waals surface area contributed by atoms with Crippen molar-refractivity contribution in [1.29, 1.82) is 0 Å². The Kier molecular flexibility index (Phi) is 3.57. The number of ether oxygens (including phenoxy) is 1. The predicted octanol–water partition coefficient (Wildman–Crippen LogP) is 1.94. The molecule has 2 aromatic rings. The zero-order chi connectivity index (χ0) is 13.1. The first-order chi connectivity index (χ1) is 8.60. The van der Waals surface area contributed by atoms with Gasteiger partial charge in [-0.1, -0.05) is 11.8 Å². The first-order valence-corrected chi connectivity index (χ1v) is 6.06. The summed E-state index contributed by atoms with van der Waals surface area (Å²) in [5.74, 6) is -0.395. The average Bonchev–Trinajstić information content (AvgIpc) is 2.76. The number of aromatic nitrogens is 2. The number of anilines is 1. The van der Waals surface area contributed by atoms with Gasteiger partial charge in [0, 0.05) is 23.8 Å². The first-order valence-electron chi connectivity index (χ1n) is 5.24. The van der Waals surface area contributed by atoms with Crippen LogP contribution in [0.3, 0.4) is 0 Å². The molecule has 0 fully saturated rings. The van der Waals surface area contributed by atoms with Crippen molar-refractivity contribution in [2.45, 2.75) is 9.79 Å². The highest BCUT2D eigenvalue weighted by molar-refractivity contribution is 7.99. The minimum atomic E-state index is -0.395. The van der Waals surface area contributed by atoms with Gasteiger partial charge in [0.2, 0.25) is 0 Å². The van der Waals surface area contributed by atoms with Gasteiger partial charge in [0.05, 0.1) is 23.8 Å². The van der Waals surface area contributed by atoms with Crippen LogP contribution in [0.25, 0.3) is 0 Å². The Hall–Kier alpha value is -1.95. The largest absolute Gasteiger partial charge is 0.465 e. The molecule has 0 radical (unpaired) electrons. The van der Waals surface area contributed by atoms with Crippen molar-refractivity contribution in [3.05, 3.63) is 36.2 Å². The molecular weight excluding hydrogens is 250 g/mol. The third kappa shape index (κ3) is 2.65. The van der Waals surface area contributed by atoms with Crippen LogP contribution in [0.5, 0.6) is 0 Å². The van der Waals surface area contributed by atoms with E-state index in [1.54, 1.807) is 29.1 Å². The number of benzene rings is 1. The van der Waals surface area contributed by atoms with Gasteiger partial charge >= 0.3 is 5.97 Å². The second-order valence-corrected chi connectivity index (χ2v) is 4.81. The highest BCUT2D eigenvalue weighted by Gasteiger charge is 2.13. The van der Waals surface area contributed by atoms with Crippen molar-refractivity contribution < 1.29 is 9.53 Å². The SMILES string of the molecule is COC(=O)c1cc(N)ccc1Sc1cnn(C)c1. The Labute approximate surface area is 109 Å². The fourth-order valence-electron chi connectivity index (χ4n) is 1.48.